The highest BCUT2D eigenvalue weighted by atomic mass is 32.1. The largest absolute Gasteiger partial charge is 0.416 e. The summed E-state index contributed by atoms with van der Waals surface area (Å²) in [6.45, 7) is 0. The zero-order valence-corrected chi connectivity index (χ0v) is 14.5. The highest BCUT2D eigenvalue weighted by molar-refractivity contribution is 7.13. The molecule has 26 heavy (non-hydrogen) atoms. The zero-order valence-electron chi connectivity index (χ0n) is 13.7. The predicted octanol–water partition coefficient (Wildman–Crippen LogP) is 3.40. The third-order valence-electron chi connectivity index (χ3n) is 5.16. The molecule has 0 radical (unpaired) electrons. The van der Waals surface area contributed by atoms with Crippen molar-refractivity contribution in [2.45, 2.75) is 44.0 Å². The molecule has 2 fully saturated rings. The van der Waals surface area contributed by atoms with Crippen molar-refractivity contribution in [3.8, 4) is 10.6 Å². The van der Waals surface area contributed by atoms with Crippen LogP contribution in [0.1, 0.15) is 30.5 Å². The fourth-order valence-electron chi connectivity index (χ4n) is 3.61. The minimum Gasteiger partial charge on any atom is -0.393 e. The van der Waals surface area contributed by atoms with Gasteiger partial charge in [0, 0.05) is 17.0 Å². The van der Waals surface area contributed by atoms with E-state index < -0.39 is 11.7 Å². The first-order valence-corrected chi connectivity index (χ1v) is 9.23. The first-order valence-electron chi connectivity index (χ1n) is 8.35. The number of aromatic nitrogens is 1. The number of nitrogens with zero attached hydrogens (tertiary/aromatic N) is 1. The van der Waals surface area contributed by atoms with Crippen LogP contribution in [0.4, 0.5) is 13.2 Å². The van der Waals surface area contributed by atoms with E-state index in [-0.39, 0.29) is 29.9 Å². The van der Waals surface area contributed by atoms with Crippen molar-refractivity contribution in [1.82, 2.24) is 10.3 Å². The Morgan fingerprint density at radius 2 is 1.96 bits per heavy atom. The summed E-state index contributed by atoms with van der Waals surface area (Å²) in [4.78, 5) is 16.5. The number of rotatable bonds is 4. The van der Waals surface area contributed by atoms with Gasteiger partial charge in [-0.05, 0) is 36.8 Å². The number of alkyl halides is 3. The van der Waals surface area contributed by atoms with Crippen molar-refractivity contribution in [2.75, 3.05) is 0 Å². The van der Waals surface area contributed by atoms with Crippen LogP contribution < -0.4 is 5.32 Å². The molecule has 0 bridgehead atoms. The average molecular weight is 382 g/mol. The molecule has 2 N–H and O–H groups in total. The van der Waals surface area contributed by atoms with Gasteiger partial charge in [0.2, 0.25) is 5.91 Å². The van der Waals surface area contributed by atoms with Crippen molar-refractivity contribution in [3.05, 3.63) is 40.9 Å². The lowest BCUT2D eigenvalue weighted by Crippen LogP contribution is -2.39. The Balaban J connectivity index is 1.35. The van der Waals surface area contributed by atoms with Crippen LogP contribution in [-0.4, -0.2) is 28.1 Å². The highest BCUT2D eigenvalue weighted by Crippen LogP contribution is 2.60. The molecule has 2 saturated carbocycles. The molecule has 1 spiro atoms. The van der Waals surface area contributed by atoms with Gasteiger partial charge in [-0.25, -0.2) is 4.98 Å². The van der Waals surface area contributed by atoms with Crippen LogP contribution in [0, 0.1) is 5.41 Å². The molecule has 2 aliphatic carbocycles. The molecular weight excluding hydrogens is 365 g/mol. The molecule has 2 aliphatic rings. The highest BCUT2D eigenvalue weighted by Gasteiger charge is 2.61. The third kappa shape index (κ3) is 3.35. The molecule has 1 amide bonds. The normalized spacial score (nSPS) is 27.2. The van der Waals surface area contributed by atoms with Crippen LogP contribution in [-0.2, 0) is 17.4 Å². The molecule has 138 valence electrons. The molecule has 4 rings (SSSR count). The van der Waals surface area contributed by atoms with Crippen LogP contribution in [0.15, 0.2) is 29.6 Å². The van der Waals surface area contributed by atoms with Crippen molar-refractivity contribution < 1.29 is 23.1 Å². The maximum Gasteiger partial charge on any atom is 0.416 e. The number of carbonyl (C=O) groups is 1. The van der Waals surface area contributed by atoms with Crippen LogP contribution in [0.3, 0.4) is 0 Å². The SMILES string of the molecule is O=C(Cc1csc(-c2ccc(C(F)(F)F)cc2)n1)NC1CC12CC(O)C2. The van der Waals surface area contributed by atoms with E-state index in [0.29, 0.717) is 16.3 Å². The lowest BCUT2D eigenvalue weighted by atomic mass is 9.78. The van der Waals surface area contributed by atoms with Crippen LogP contribution in [0.2, 0.25) is 0 Å². The first kappa shape index (κ1) is 17.5. The van der Waals surface area contributed by atoms with Gasteiger partial charge in [-0.2, -0.15) is 13.2 Å². The van der Waals surface area contributed by atoms with Crippen molar-refractivity contribution in [2.24, 2.45) is 5.41 Å². The number of hydrogen-bond acceptors (Lipinski definition) is 4. The Morgan fingerprint density at radius 3 is 2.58 bits per heavy atom. The second kappa shape index (κ2) is 6.06. The van der Waals surface area contributed by atoms with Gasteiger partial charge in [0.1, 0.15) is 5.01 Å². The molecule has 1 heterocycles. The third-order valence-corrected chi connectivity index (χ3v) is 6.10. The second-order valence-corrected chi connectivity index (χ2v) is 8.00. The number of thiazole rings is 1. The molecule has 0 aliphatic heterocycles. The maximum absolute atomic E-state index is 12.6. The van der Waals surface area contributed by atoms with E-state index in [0.717, 1.165) is 31.4 Å². The Hall–Kier alpha value is -1.93. The average Bonchev–Trinajstić information content (AvgIpc) is 3.03. The smallest absolute Gasteiger partial charge is 0.393 e. The summed E-state index contributed by atoms with van der Waals surface area (Å²) in [6, 6.07) is 4.99. The van der Waals surface area contributed by atoms with Crippen LogP contribution >= 0.6 is 11.3 Å². The Bertz CT molecular complexity index is 826. The standard InChI is InChI=1S/C18H17F3N2O2S/c19-18(20,21)11-3-1-10(2-4-11)16-22-12(9-26-16)5-15(25)23-14-8-17(14)6-13(24)7-17/h1-4,9,13-14,24H,5-8H2,(H,23,25). The van der Waals surface area contributed by atoms with Crippen molar-refractivity contribution >= 4 is 17.2 Å². The summed E-state index contributed by atoms with van der Waals surface area (Å²) in [5, 5.41) is 14.7. The molecule has 1 aromatic heterocycles. The summed E-state index contributed by atoms with van der Waals surface area (Å²) in [5.41, 5.74) is 0.615. The van der Waals surface area contributed by atoms with Crippen molar-refractivity contribution in [3.63, 3.8) is 0 Å². The summed E-state index contributed by atoms with van der Waals surface area (Å²) in [5.74, 6) is -0.113. The van der Waals surface area contributed by atoms with E-state index in [1.165, 1.54) is 23.5 Å². The molecule has 1 aromatic carbocycles. The number of aliphatic hydroxyl groups is 1. The number of halogens is 3. The Kier molecular flexibility index (Phi) is 4.07. The quantitative estimate of drug-likeness (QED) is 0.852. The lowest BCUT2D eigenvalue weighted by molar-refractivity contribution is -0.137. The van der Waals surface area contributed by atoms with Gasteiger partial charge in [0.25, 0.3) is 0 Å². The van der Waals surface area contributed by atoms with Gasteiger partial charge in [-0.3, -0.25) is 4.79 Å². The molecule has 4 nitrogen and oxygen atoms in total. The Labute approximate surface area is 152 Å². The molecule has 1 atom stereocenters. The molecule has 8 heteroatoms. The van der Waals surface area contributed by atoms with E-state index in [9.17, 15) is 23.1 Å². The number of carbonyl (C=O) groups excluding carboxylic acids is 1. The zero-order chi connectivity index (χ0) is 18.5. The first-order chi connectivity index (χ1) is 12.2. The summed E-state index contributed by atoms with van der Waals surface area (Å²) in [6.07, 6.45) is -2.02. The minimum absolute atomic E-state index is 0.113. The van der Waals surface area contributed by atoms with Gasteiger partial charge < -0.3 is 10.4 Å². The van der Waals surface area contributed by atoms with E-state index in [1.54, 1.807) is 5.38 Å². The van der Waals surface area contributed by atoms with Gasteiger partial charge in [-0.1, -0.05) is 12.1 Å². The fourth-order valence-corrected chi connectivity index (χ4v) is 4.44. The fraction of sp³-hybridized carbons (Fsp3) is 0.444. The predicted molar refractivity (Wildman–Crippen MR) is 90.5 cm³/mol. The summed E-state index contributed by atoms with van der Waals surface area (Å²) in [7, 11) is 0. The van der Waals surface area contributed by atoms with Gasteiger partial charge in [0.05, 0.1) is 23.8 Å². The minimum atomic E-state index is -4.36. The van der Waals surface area contributed by atoms with Gasteiger partial charge in [0.15, 0.2) is 0 Å². The number of amides is 1. The summed E-state index contributed by atoms with van der Waals surface area (Å²) >= 11 is 1.30. The maximum atomic E-state index is 12.6. The Morgan fingerprint density at radius 1 is 1.27 bits per heavy atom. The van der Waals surface area contributed by atoms with Crippen LogP contribution in [0.5, 0.6) is 0 Å². The number of nitrogens with one attached hydrogen (secondary N) is 1. The number of hydrogen-bond donors (Lipinski definition) is 2. The molecular formula is C18H17F3N2O2S. The molecule has 1 unspecified atom stereocenters. The van der Waals surface area contributed by atoms with Crippen molar-refractivity contribution in [1.29, 1.82) is 0 Å². The van der Waals surface area contributed by atoms with E-state index >= 15 is 0 Å². The van der Waals surface area contributed by atoms with Crippen LogP contribution in [0.25, 0.3) is 10.6 Å². The molecule has 2 aromatic rings. The number of benzene rings is 1. The molecule has 0 saturated heterocycles. The van der Waals surface area contributed by atoms with E-state index in [1.807, 2.05) is 0 Å². The second-order valence-electron chi connectivity index (χ2n) is 7.14. The van der Waals surface area contributed by atoms with Gasteiger partial charge >= 0.3 is 6.18 Å². The monoisotopic (exact) mass is 382 g/mol. The van der Waals surface area contributed by atoms with E-state index in [4.69, 9.17) is 0 Å². The van der Waals surface area contributed by atoms with E-state index in [2.05, 4.69) is 10.3 Å². The number of aliphatic hydroxyl groups excluding tert-OH is 1. The lowest BCUT2D eigenvalue weighted by Gasteiger charge is -2.32. The summed E-state index contributed by atoms with van der Waals surface area (Å²) < 4.78 is 37.8. The topological polar surface area (TPSA) is 62.2 Å². The van der Waals surface area contributed by atoms with Gasteiger partial charge in [-0.15, -0.1) is 11.3 Å².